The highest BCUT2D eigenvalue weighted by Crippen LogP contribution is 2.78. The lowest BCUT2D eigenvalue weighted by molar-refractivity contribution is -0.145. The van der Waals surface area contributed by atoms with Gasteiger partial charge in [0.2, 0.25) is 0 Å². The van der Waals surface area contributed by atoms with E-state index >= 15 is 0 Å². The maximum Gasteiger partial charge on any atom is 0.272 e. The van der Waals surface area contributed by atoms with Gasteiger partial charge in [0.15, 0.2) is 17.0 Å². The number of ketones is 1. The molecule has 4 aliphatic rings. The molecule has 4 aromatic carbocycles. The molecule has 220 valence electrons. The van der Waals surface area contributed by atoms with E-state index in [0.29, 0.717) is 28.2 Å². The van der Waals surface area contributed by atoms with Crippen LogP contribution in [0.2, 0.25) is 0 Å². The Morgan fingerprint density at radius 1 is 0.773 bits per heavy atom. The van der Waals surface area contributed by atoms with Crippen molar-refractivity contribution in [3.8, 4) is 51.6 Å². The average molecular weight is 593 g/mol. The number of rotatable bonds is 2. The van der Waals surface area contributed by atoms with Gasteiger partial charge in [-0.25, -0.2) is 0 Å². The molecule has 5 N–H and O–H groups in total. The normalized spacial score (nSPS) is 29.1. The largest absolute Gasteiger partial charge is 0.508 e. The predicted octanol–water partition coefficient (Wildman–Crippen LogP) is 5.63. The molecule has 1 aliphatic carbocycles. The summed E-state index contributed by atoms with van der Waals surface area (Å²) in [5, 5.41) is 53.6. The smallest absolute Gasteiger partial charge is 0.272 e. The number of furan rings is 1. The Balaban J connectivity index is 1.30. The van der Waals surface area contributed by atoms with E-state index in [-0.39, 0.29) is 57.8 Å². The molecule has 9 rings (SSSR count). The lowest BCUT2D eigenvalue weighted by Crippen LogP contribution is -2.61. The average Bonchev–Trinajstić information content (AvgIpc) is 3.46. The first-order valence-electron chi connectivity index (χ1n) is 14.1. The number of benzene rings is 4. The highest BCUT2D eigenvalue weighted by molar-refractivity contribution is 5.99. The van der Waals surface area contributed by atoms with Crippen LogP contribution in [0.15, 0.2) is 77.2 Å². The zero-order valence-electron chi connectivity index (χ0n) is 23.1. The molecule has 1 saturated heterocycles. The van der Waals surface area contributed by atoms with Gasteiger partial charge in [0.1, 0.15) is 51.6 Å². The number of carbonyl (C=O) groups excluding carboxylic acids is 1. The quantitative estimate of drug-likeness (QED) is 0.162. The molecular weight excluding hydrogens is 568 g/mol. The van der Waals surface area contributed by atoms with Crippen LogP contribution in [0.4, 0.5) is 0 Å². The van der Waals surface area contributed by atoms with Crippen molar-refractivity contribution in [1.82, 2.24) is 0 Å². The molecule has 1 spiro atoms. The summed E-state index contributed by atoms with van der Waals surface area (Å²) in [6, 6.07) is 18.4. The van der Waals surface area contributed by atoms with Gasteiger partial charge in [-0.3, -0.25) is 4.79 Å². The number of hydrogen-bond donors (Lipinski definition) is 5. The second kappa shape index (κ2) is 7.78. The Morgan fingerprint density at radius 2 is 1.52 bits per heavy atom. The van der Waals surface area contributed by atoms with Crippen molar-refractivity contribution in [3.05, 3.63) is 89.5 Å². The second-order valence-corrected chi connectivity index (χ2v) is 12.2. The van der Waals surface area contributed by atoms with Crippen LogP contribution in [0.25, 0.3) is 22.3 Å². The van der Waals surface area contributed by atoms with E-state index < -0.39 is 28.8 Å². The highest BCUT2D eigenvalue weighted by atomic mass is 16.8. The minimum Gasteiger partial charge on any atom is -0.508 e. The molecule has 2 fully saturated rings. The van der Waals surface area contributed by atoms with Crippen molar-refractivity contribution in [2.75, 3.05) is 0 Å². The monoisotopic (exact) mass is 592 g/mol. The third-order valence-corrected chi connectivity index (χ3v) is 9.60. The summed E-state index contributed by atoms with van der Waals surface area (Å²) < 4.78 is 25.5. The summed E-state index contributed by atoms with van der Waals surface area (Å²) in [7, 11) is 0. The van der Waals surface area contributed by atoms with Crippen LogP contribution < -0.4 is 9.47 Å². The summed E-state index contributed by atoms with van der Waals surface area (Å²) in [6.45, 7) is 1.69. The number of ether oxygens (including phenoxy) is 3. The number of aromatic hydroxyl groups is 5. The molecule has 0 amide bonds. The molecule has 5 atom stereocenters. The van der Waals surface area contributed by atoms with Crippen LogP contribution in [-0.2, 0) is 15.3 Å². The van der Waals surface area contributed by atoms with Crippen molar-refractivity contribution in [2.24, 2.45) is 0 Å². The number of phenolic OH excluding ortho intramolecular Hbond substituents is 5. The summed E-state index contributed by atoms with van der Waals surface area (Å²) >= 11 is 0. The first-order valence-corrected chi connectivity index (χ1v) is 14.1. The van der Waals surface area contributed by atoms with Crippen LogP contribution in [0.3, 0.4) is 0 Å². The molecular formula is C34H24O10. The summed E-state index contributed by atoms with van der Waals surface area (Å²) in [5.74, 6) is -3.40. The van der Waals surface area contributed by atoms with Crippen molar-refractivity contribution >= 4 is 16.8 Å². The van der Waals surface area contributed by atoms with Crippen molar-refractivity contribution in [2.45, 2.75) is 42.2 Å². The minimum atomic E-state index is -1.68. The molecule has 5 aromatic rings. The maximum atomic E-state index is 14.6. The van der Waals surface area contributed by atoms with Gasteiger partial charge in [0.05, 0.1) is 11.5 Å². The zero-order valence-corrected chi connectivity index (χ0v) is 23.1. The van der Waals surface area contributed by atoms with Gasteiger partial charge in [-0.05, 0) is 55.5 Å². The van der Waals surface area contributed by atoms with Crippen LogP contribution in [0.5, 0.6) is 40.2 Å². The van der Waals surface area contributed by atoms with Gasteiger partial charge in [0.25, 0.3) is 5.79 Å². The van der Waals surface area contributed by atoms with Gasteiger partial charge >= 0.3 is 0 Å². The molecule has 1 aromatic heterocycles. The number of hydrogen-bond acceptors (Lipinski definition) is 10. The van der Waals surface area contributed by atoms with E-state index in [2.05, 4.69) is 0 Å². The Morgan fingerprint density at radius 3 is 2.34 bits per heavy atom. The van der Waals surface area contributed by atoms with Crippen LogP contribution in [0.1, 0.15) is 41.9 Å². The van der Waals surface area contributed by atoms with E-state index in [1.165, 1.54) is 42.5 Å². The number of phenols is 5. The zero-order chi connectivity index (χ0) is 30.3. The number of epoxide rings is 1. The van der Waals surface area contributed by atoms with Gasteiger partial charge in [-0.15, -0.1) is 0 Å². The number of Topliss-reactive ketones (excluding diaryl/α,β-unsaturated/α-hetero) is 1. The lowest BCUT2D eigenvalue weighted by Gasteiger charge is -2.51. The van der Waals surface area contributed by atoms with Crippen molar-refractivity contribution < 1.29 is 49.0 Å². The fourth-order valence-corrected chi connectivity index (χ4v) is 7.69. The molecule has 10 nitrogen and oxygen atoms in total. The van der Waals surface area contributed by atoms with E-state index in [0.717, 1.165) is 5.39 Å². The molecule has 1 saturated carbocycles. The first kappa shape index (κ1) is 25.2. The van der Waals surface area contributed by atoms with E-state index in [9.17, 15) is 30.3 Å². The predicted molar refractivity (Wildman–Crippen MR) is 153 cm³/mol. The third kappa shape index (κ3) is 2.95. The van der Waals surface area contributed by atoms with Gasteiger partial charge < -0.3 is 44.2 Å². The molecule has 3 unspecified atom stereocenters. The summed E-state index contributed by atoms with van der Waals surface area (Å²) in [4.78, 5) is 14.6. The molecule has 10 heteroatoms. The molecule has 2 bridgehead atoms. The van der Waals surface area contributed by atoms with E-state index in [4.69, 9.17) is 18.6 Å². The second-order valence-electron chi connectivity index (χ2n) is 12.2. The minimum absolute atomic E-state index is 0.0239. The highest BCUT2D eigenvalue weighted by Gasteiger charge is 2.88. The first-order chi connectivity index (χ1) is 21.0. The summed E-state index contributed by atoms with van der Waals surface area (Å²) in [5.41, 5.74) is -0.724. The Bertz CT molecular complexity index is 2120. The molecule has 4 heterocycles. The van der Waals surface area contributed by atoms with Gasteiger partial charge in [0, 0.05) is 52.6 Å². The van der Waals surface area contributed by atoms with E-state index in [1.807, 2.05) is 0 Å². The van der Waals surface area contributed by atoms with E-state index in [1.54, 1.807) is 37.3 Å². The lowest BCUT2D eigenvalue weighted by atomic mass is 9.56. The summed E-state index contributed by atoms with van der Waals surface area (Å²) in [6.07, 6.45) is 0.226. The fraction of sp³-hybridized carbons (Fsp3) is 0.206. The van der Waals surface area contributed by atoms with Crippen LogP contribution >= 0.6 is 0 Å². The van der Waals surface area contributed by atoms with Crippen LogP contribution in [-0.4, -0.2) is 42.5 Å². The van der Waals surface area contributed by atoms with Gasteiger partial charge in [-0.1, -0.05) is 6.07 Å². The van der Waals surface area contributed by atoms with Crippen LogP contribution in [0, 0.1) is 0 Å². The standard InChI is InChI=1S/C34H24O10/c1-32-14-22(20-6-4-19(37)13-27(20)42-32)33-30(31(32)40)29-24(39)8-16(25-9-15-2-3-18(36)12-26(15)41-25)10-28(29)43-34(33,44-33)21-7-5-17(35)11-23(21)38/h2-13,22,30,35-39H,14H2,1H3/t22-,30?,32-,33?,34?/m0/s1. The Labute approximate surface area is 248 Å². The number of carbonyl (C=O) groups is 1. The van der Waals surface area contributed by atoms with Gasteiger partial charge in [-0.2, -0.15) is 0 Å². The fourth-order valence-electron chi connectivity index (χ4n) is 7.69. The molecule has 0 radical (unpaired) electrons. The van der Waals surface area contributed by atoms with Crippen molar-refractivity contribution in [1.29, 1.82) is 0 Å². The number of fused-ring (bicyclic) bond motifs is 7. The topological polar surface area (TPSA) is 162 Å². The Hall–Kier alpha value is -5.35. The SMILES string of the molecule is C[C@@]12C[C@@H](c3ccc(O)cc3O1)C13OC1(c1ccc(O)cc1O)Oc1cc(-c4cc5ccc(O)cc5o4)cc(O)c1C3C2=O. The molecule has 44 heavy (non-hydrogen) atoms. The maximum absolute atomic E-state index is 14.6. The van der Waals surface area contributed by atoms with Crippen molar-refractivity contribution in [3.63, 3.8) is 0 Å². The Kier molecular flexibility index (Phi) is 4.45. The third-order valence-electron chi connectivity index (χ3n) is 9.60. The molecule has 3 aliphatic heterocycles.